The number of hydrogen-bond acceptors (Lipinski definition) is 3. The summed E-state index contributed by atoms with van der Waals surface area (Å²) in [5, 5.41) is 0. The second-order valence-corrected chi connectivity index (χ2v) is 4.40. The zero-order valence-electron chi connectivity index (χ0n) is 11.7. The van der Waals surface area contributed by atoms with Crippen LogP contribution < -0.4 is 14.4 Å². The van der Waals surface area contributed by atoms with E-state index in [0.29, 0.717) is 11.5 Å². The van der Waals surface area contributed by atoms with Gasteiger partial charge in [-0.3, -0.25) is 0 Å². The summed E-state index contributed by atoms with van der Waals surface area (Å²) in [6.45, 7) is 0. The van der Waals surface area contributed by atoms with E-state index in [2.05, 4.69) is 35.2 Å². The fraction of sp³-hybridized carbons (Fsp3) is 0.250. The van der Waals surface area contributed by atoms with Crippen molar-refractivity contribution in [3.8, 4) is 22.6 Å². The fourth-order valence-corrected chi connectivity index (χ4v) is 1.97. The number of rotatable bonds is 4. The molecule has 19 heavy (non-hydrogen) atoms. The first-order valence-corrected chi connectivity index (χ1v) is 6.07. The van der Waals surface area contributed by atoms with Crippen LogP contribution in [-0.2, 0) is 0 Å². The van der Waals surface area contributed by atoms with Crippen molar-refractivity contribution in [1.29, 1.82) is 0 Å². The first-order chi connectivity index (χ1) is 9.17. The van der Waals surface area contributed by atoms with Gasteiger partial charge < -0.3 is 14.4 Å². The summed E-state index contributed by atoms with van der Waals surface area (Å²) in [6.07, 6.45) is 0. The Bertz CT molecular complexity index is 547. The van der Waals surface area contributed by atoms with Gasteiger partial charge in [0.2, 0.25) is 0 Å². The topological polar surface area (TPSA) is 21.7 Å². The molecule has 3 nitrogen and oxygen atoms in total. The van der Waals surface area contributed by atoms with Gasteiger partial charge in [-0.05, 0) is 35.9 Å². The Morgan fingerprint density at radius 1 is 0.947 bits per heavy atom. The highest BCUT2D eigenvalue weighted by atomic mass is 16.5. The molecule has 0 saturated carbocycles. The molecule has 0 aliphatic heterocycles. The third-order valence-corrected chi connectivity index (χ3v) is 3.01. The van der Waals surface area contributed by atoms with E-state index in [0.717, 1.165) is 16.8 Å². The van der Waals surface area contributed by atoms with Crippen LogP contribution in [0.1, 0.15) is 0 Å². The number of hydrogen-bond donors (Lipinski definition) is 0. The predicted octanol–water partition coefficient (Wildman–Crippen LogP) is 3.24. The molecule has 0 aliphatic carbocycles. The average molecular weight is 256 g/mol. The molecule has 2 aromatic carbocycles. The highest BCUT2D eigenvalue weighted by Crippen LogP contribution is 2.37. The zero-order valence-corrected chi connectivity index (χ0v) is 11.7. The Kier molecular flexibility index (Phi) is 3.95. The Labute approximate surface area is 114 Å². The SMILES string of the molecule is COc1cc[c]c(-c2ccc(N(C)C)cc2)c1OC. The smallest absolute Gasteiger partial charge is 0.169 e. The summed E-state index contributed by atoms with van der Waals surface area (Å²) in [4.78, 5) is 2.07. The van der Waals surface area contributed by atoms with Crippen LogP contribution in [0.5, 0.6) is 11.5 Å². The number of benzene rings is 2. The van der Waals surface area contributed by atoms with Crippen LogP contribution >= 0.6 is 0 Å². The summed E-state index contributed by atoms with van der Waals surface area (Å²) < 4.78 is 10.7. The number of ether oxygens (including phenoxy) is 2. The molecule has 0 fully saturated rings. The molecule has 99 valence electrons. The summed E-state index contributed by atoms with van der Waals surface area (Å²) in [5.74, 6) is 1.43. The lowest BCUT2D eigenvalue weighted by Crippen LogP contribution is -2.07. The van der Waals surface area contributed by atoms with Crippen LogP contribution in [0.3, 0.4) is 0 Å². The van der Waals surface area contributed by atoms with Gasteiger partial charge in [-0.25, -0.2) is 0 Å². The van der Waals surface area contributed by atoms with Gasteiger partial charge in [0.05, 0.1) is 14.2 Å². The molecule has 0 atom stereocenters. The minimum atomic E-state index is 0.711. The predicted molar refractivity (Wildman–Crippen MR) is 78.1 cm³/mol. The molecule has 0 amide bonds. The molecule has 0 unspecified atom stereocenters. The van der Waals surface area contributed by atoms with Crippen molar-refractivity contribution in [2.24, 2.45) is 0 Å². The lowest BCUT2D eigenvalue weighted by molar-refractivity contribution is 0.356. The number of nitrogens with zero attached hydrogens (tertiary/aromatic N) is 1. The van der Waals surface area contributed by atoms with Crippen LogP contribution in [0.15, 0.2) is 36.4 Å². The summed E-state index contributed by atoms with van der Waals surface area (Å²) in [5.41, 5.74) is 3.12. The van der Waals surface area contributed by atoms with Crippen molar-refractivity contribution in [2.75, 3.05) is 33.2 Å². The maximum absolute atomic E-state index is 5.43. The largest absolute Gasteiger partial charge is 0.493 e. The van der Waals surface area contributed by atoms with Gasteiger partial charge in [-0.1, -0.05) is 12.1 Å². The van der Waals surface area contributed by atoms with Crippen molar-refractivity contribution in [2.45, 2.75) is 0 Å². The minimum Gasteiger partial charge on any atom is -0.493 e. The summed E-state index contributed by atoms with van der Waals surface area (Å²) in [6, 6.07) is 15.2. The van der Waals surface area contributed by atoms with E-state index >= 15 is 0 Å². The van der Waals surface area contributed by atoms with Crippen molar-refractivity contribution in [3.63, 3.8) is 0 Å². The maximum Gasteiger partial charge on any atom is 0.169 e. The molecule has 0 aliphatic rings. The van der Waals surface area contributed by atoms with Gasteiger partial charge in [-0.2, -0.15) is 0 Å². The molecule has 0 saturated heterocycles. The lowest BCUT2D eigenvalue weighted by atomic mass is 10.0. The normalized spacial score (nSPS) is 10.1. The third-order valence-electron chi connectivity index (χ3n) is 3.01. The van der Waals surface area contributed by atoms with Crippen LogP contribution in [0.4, 0.5) is 5.69 Å². The molecule has 1 radical (unpaired) electrons. The number of anilines is 1. The molecule has 0 spiro atoms. The van der Waals surface area contributed by atoms with E-state index < -0.39 is 0 Å². The first-order valence-electron chi connectivity index (χ1n) is 6.07. The molecular formula is C16H18NO2. The molecule has 2 rings (SSSR count). The summed E-state index contributed by atoms with van der Waals surface area (Å²) >= 11 is 0. The lowest BCUT2D eigenvalue weighted by Gasteiger charge is -2.15. The zero-order chi connectivity index (χ0) is 13.8. The molecular weight excluding hydrogens is 238 g/mol. The average Bonchev–Trinajstić information content (AvgIpc) is 2.46. The monoisotopic (exact) mass is 256 g/mol. The molecule has 0 aromatic heterocycles. The molecule has 0 bridgehead atoms. The quantitative estimate of drug-likeness (QED) is 0.838. The maximum atomic E-state index is 5.43. The fourth-order valence-electron chi connectivity index (χ4n) is 1.97. The second-order valence-electron chi connectivity index (χ2n) is 4.40. The van der Waals surface area contributed by atoms with Gasteiger partial charge >= 0.3 is 0 Å². The Balaban J connectivity index is 2.46. The highest BCUT2D eigenvalue weighted by molar-refractivity contribution is 5.74. The van der Waals surface area contributed by atoms with Crippen LogP contribution in [0.2, 0.25) is 0 Å². The van der Waals surface area contributed by atoms with Crippen molar-refractivity contribution >= 4 is 5.69 Å². The van der Waals surface area contributed by atoms with Crippen LogP contribution in [0.25, 0.3) is 11.1 Å². The van der Waals surface area contributed by atoms with Crippen LogP contribution in [0, 0.1) is 6.07 Å². The Hall–Kier alpha value is -2.16. The molecule has 0 N–H and O–H groups in total. The van der Waals surface area contributed by atoms with E-state index in [4.69, 9.17) is 9.47 Å². The van der Waals surface area contributed by atoms with Gasteiger partial charge in [0.25, 0.3) is 0 Å². The molecule has 0 heterocycles. The second kappa shape index (κ2) is 5.65. The van der Waals surface area contributed by atoms with Crippen molar-refractivity contribution < 1.29 is 9.47 Å². The highest BCUT2D eigenvalue weighted by Gasteiger charge is 2.11. The van der Waals surface area contributed by atoms with E-state index in [9.17, 15) is 0 Å². The van der Waals surface area contributed by atoms with E-state index in [1.807, 2.05) is 26.2 Å². The number of methoxy groups -OCH3 is 2. The third kappa shape index (κ3) is 2.65. The van der Waals surface area contributed by atoms with Crippen LogP contribution in [-0.4, -0.2) is 28.3 Å². The van der Waals surface area contributed by atoms with Gasteiger partial charge in [0, 0.05) is 25.3 Å². The summed E-state index contributed by atoms with van der Waals surface area (Å²) in [7, 11) is 7.32. The van der Waals surface area contributed by atoms with E-state index in [-0.39, 0.29) is 0 Å². The Morgan fingerprint density at radius 3 is 2.16 bits per heavy atom. The van der Waals surface area contributed by atoms with Gasteiger partial charge in [-0.15, -0.1) is 0 Å². The minimum absolute atomic E-state index is 0.711. The van der Waals surface area contributed by atoms with E-state index in [1.54, 1.807) is 14.2 Å². The molecule has 2 aromatic rings. The van der Waals surface area contributed by atoms with Gasteiger partial charge in [0.1, 0.15) is 0 Å². The van der Waals surface area contributed by atoms with E-state index in [1.165, 1.54) is 0 Å². The molecule has 3 heteroatoms. The van der Waals surface area contributed by atoms with Crippen molar-refractivity contribution in [1.82, 2.24) is 0 Å². The first kappa shape index (κ1) is 13.3. The van der Waals surface area contributed by atoms with Crippen molar-refractivity contribution in [3.05, 3.63) is 42.5 Å². The standard InChI is InChI=1S/C16H18NO2/c1-17(2)13-10-8-12(9-11-13)14-6-5-7-15(18-3)16(14)19-4/h5,7-11H,1-4H3. The van der Waals surface area contributed by atoms with Gasteiger partial charge in [0.15, 0.2) is 11.5 Å². The Morgan fingerprint density at radius 2 is 1.63 bits per heavy atom.